The first-order valence-corrected chi connectivity index (χ1v) is 8.04. The Kier molecular flexibility index (Phi) is 5.01. The van der Waals surface area contributed by atoms with Gasteiger partial charge in [-0.15, -0.1) is 0 Å². The molecule has 2 aromatic rings. The van der Waals surface area contributed by atoms with Crippen LogP contribution in [0, 0.1) is 11.2 Å². The quantitative estimate of drug-likeness (QED) is 0.838. The lowest BCUT2D eigenvalue weighted by Gasteiger charge is -2.48. The van der Waals surface area contributed by atoms with Crippen LogP contribution in [0.3, 0.4) is 0 Å². The molecule has 1 fully saturated rings. The molecule has 1 aliphatic rings. The number of rotatable bonds is 6. The second-order valence-corrected chi connectivity index (χ2v) is 6.39. The van der Waals surface area contributed by atoms with E-state index in [1.54, 1.807) is 41.3 Å². The molecular formula is C19H20FNO4. The highest BCUT2D eigenvalue weighted by Crippen LogP contribution is 2.32. The summed E-state index contributed by atoms with van der Waals surface area (Å²) in [6.45, 7) is 0.532. The molecule has 2 N–H and O–H groups in total. The van der Waals surface area contributed by atoms with Crippen molar-refractivity contribution in [3.8, 4) is 5.75 Å². The van der Waals surface area contributed by atoms with Crippen LogP contribution in [-0.2, 0) is 6.61 Å². The van der Waals surface area contributed by atoms with E-state index in [9.17, 15) is 19.4 Å². The van der Waals surface area contributed by atoms with Crippen LogP contribution < -0.4 is 4.74 Å². The SMILES string of the molecule is O=C(c1ccccc1OCc1ccc(F)cc1)N1CC(CO)(CO)C1. The lowest BCUT2D eigenvalue weighted by atomic mass is 9.81. The largest absolute Gasteiger partial charge is 0.488 e. The first-order valence-electron chi connectivity index (χ1n) is 8.04. The first kappa shape index (κ1) is 17.4. The maximum Gasteiger partial charge on any atom is 0.257 e. The summed E-state index contributed by atoms with van der Waals surface area (Å²) in [6, 6.07) is 12.9. The third-order valence-corrected chi connectivity index (χ3v) is 4.44. The van der Waals surface area contributed by atoms with E-state index in [4.69, 9.17) is 4.74 Å². The summed E-state index contributed by atoms with van der Waals surface area (Å²) in [7, 11) is 0. The van der Waals surface area contributed by atoms with Crippen LogP contribution in [0.4, 0.5) is 4.39 Å². The molecule has 25 heavy (non-hydrogen) atoms. The molecule has 3 rings (SSSR count). The Morgan fingerprint density at radius 3 is 2.36 bits per heavy atom. The Hall–Kier alpha value is -2.44. The number of benzene rings is 2. The van der Waals surface area contributed by atoms with Gasteiger partial charge in [0.25, 0.3) is 5.91 Å². The number of likely N-dealkylation sites (tertiary alicyclic amines) is 1. The number of hydrogen-bond acceptors (Lipinski definition) is 4. The van der Waals surface area contributed by atoms with Gasteiger partial charge >= 0.3 is 0 Å². The average molecular weight is 345 g/mol. The molecule has 132 valence electrons. The van der Waals surface area contributed by atoms with Crippen molar-refractivity contribution < 1.29 is 24.1 Å². The Balaban J connectivity index is 1.68. The number of carbonyl (C=O) groups is 1. The van der Waals surface area contributed by atoms with E-state index in [-0.39, 0.29) is 31.5 Å². The number of para-hydroxylation sites is 1. The van der Waals surface area contributed by atoms with Crippen LogP contribution in [0.15, 0.2) is 48.5 Å². The Labute approximate surface area is 145 Å². The van der Waals surface area contributed by atoms with E-state index in [0.29, 0.717) is 24.4 Å². The molecule has 0 spiro atoms. The van der Waals surface area contributed by atoms with E-state index in [2.05, 4.69) is 0 Å². The van der Waals surface area contributed by atoms with Crippen molar-refractivity contribution in [2.45, 2.75) is 6.61 Å². The van der Waals surface area contributed by atoms with Gasteiger partial charge < -0.3 is 19.8 Å². The molecule has 1 saturated heterocycles. The normalized spacial score (nSPS) is 15.6. The third kappa shape index (κ3) is 3.65. The van der Waals surface area contributed by atoms with Crippen molar-refractivity contribution in [1.82, 2.24) is 4.90 Å². The number of aliphatic hydroxyl groups excluding tert-OH is 2. The average Bonchev–Trinajstić information content (AvgIpc) is 2.61. The van der Waals surface area contributed by atoms with E-state index in [1.165, 1.54) is 12.1 Å². The lowest BCUT2D eigenvalue weighted by Crippen LogP contribution is -2.62. The summed E-state index contributed by atoms with van der Waals surface area (Å²) in [5.74, 6) is -0.0667. The molecule has 1 amide bonds. The number of amides is 1. The zero-order valence-corrected chi connectivity index (χ0v) is 13.7. The minimum atomic E-state index is -0.612. The summed E-state index contributed by atoms with van der Waals surface area (Å²) in [6.07, 6.45) is 0. The van der Waals surface area contributed by atoms with E-state index >= 15 is 0 Å². The van der Waals surface area contributed by atoms with Crippen molar-refractivity contribution in [3.05, 3.63) is 65.5 Å². The predicted molar refractivity (Wildman–Crippen MR) is 89.7 cm³/mol. The highest BCUT2D eigenvalue weighted by molar-refractivity contribution is 5.97. The number of carbonyl (C=O) groups excluding carboxylic acids is 1. The predicted octanol–water partition coefficient (Wildman–Crippen LogP) is 1.83. The summed E-state index contributed by atoms with van der Waals surface area (Å²) < 4.78 is 18.7. The monoisotopic (exact) mass is 345 g/mol. The summed E-state index contributed by atoms with van der Waals surface area (Å²) in [5, 5.41) is 18.7. The molecule has 1 heterocycles. The van der Waals surface area contributed by atoms with Crippen LogP contribution in [0.1, 0.15) is 15.9 Å². The van der Waals surface area contributed by atoms with Gasteiger partial charge in [0.15, 0.2) is 0 Å². The molecular weight excluding hydrogens is 325 g/mol. The molecule has 6 heteroatoms. The smallest absolute Gasteiger partial charge is 0.257 e. The van der Waals surface area contributed by atoms with Gasteiger partial charge in [-0.25, -0.2) is 4.39 Å². The fourth-order valence-electron chi connectivity index (χ4n) is 2.84. The molecule has 0 aromatic heterocycles. The van der Waals surface area contributed by atoms with E-state index < -0.39 is 5.41 Å². The molecule has 0 bridgehead atoms. The van der Waals surface area contributed by atoms with Gasteiger partial charge in [0.2, 0.25) is 0 Å². The zero-order chi connectivity index (χ0) is 17.9. The van der Waals surface area contributed by atoms with Crippen LogP contribution in [0.25, 0.3) is 0 Å². The maximum atomic E-state index is 12.9. The number of ether oxygens (including phenoxy) is 1. The fourth-order valence-corrected chi connectivity index (χ4v) is 2.84. The number of nitrogens with zero attached hydrogens (tertiary/aromatic N) is 1. The molecule has 0 atom stereocenters. The summed E-state index contributed by atoms with van der Waals surface area (Å²) in [4.78, 5) is 14.2. The van der Waals surface area contributed by atoms with Crippen LogP contribution >= 0.6 is 0 Å². The van der Waals surface area contributed by atoms with Crippen molar-refractivity contribution in [2.24, 2.45) is 5.41 Å². The highest BCUT2D eigenvalue weighted by atomic mass is 19.1. The van der Waals surface area contributed by atoms with Gasteiger partial charge in [0, 0.05) is 13.1 Å². The topological polar surface area (TPSA) is 70.0 Å². The highest BCUT2D eigenvalue weighted by Gasteiger charge is 2.44. The van der Waals surface area contributed by atoms with Gasteiger partial charge in [0.1, 0.15) is 18.2 Å². The van der Waals surface area contributed by atoms with E-state index in [1.807, 2.05) is 0 Å². The van der Waals surface area contributed by atoms with Gasteiger partial charge in [-0.05, 0) is 29.8 Å². The van der Waals surface area contributed by atoms with Crippen molar-refractivity contribution in [1.29, 1.82) is 0 Å². The lowest BCUT2D eigenvalue weighted by molar-refractivity contribution is -0.0590. The van der Waals surface area contributed by atoms with E-state index in [0.717, 1.165) is 5.56 Å². The molecule has 0 unspecified atom stereocenters. The molecule has 2 aromatic carbocycles. The Morgan fingerprint density at radius 2 is 1.72 bits per heavy atom. The van der Waals surface area contributed by atoms with Gasteiger partial charge in [-0.2, -0.15) is 0 Å². The molecule has 1 aliphatic heterocycles. The van der Waals surface area contributed by atoms with Gasteiger partial charge in [-0.3, -0.25) is 4.79 Å². The Bertz CT molecular complexity index is 735. The Morgan fingerprint density at radius 1 is 1.08 bits per heavy atom. The van der Waals surface area contributed by atoms with Crippen molar-refractivity contribution in [3.63, 3.8) is 0 Å². The second-order valence-electron chi connectivity index (χ2n) is 6.39. The van der Waals surface area contributed by atoms with Crippen LogP contribution in [0.2, 0.25) is 0 Å². The minimum absolute atomic E-state index is 0.157. The summed E-state index contributed by atoms with van der Waals surface area (Å²) in [5.41, 5.74) is 0.612. The maximum absolute atomic E-state index is 12.9. The van der Waals surface area contributed by atoms with Crippen molar-refractivity contribution in [2.75, 3.05) is 26.3 Å². The van der Waals surface area contributed by atoms with Crippen LogP contribution in [0.5, 0.6) is 5.75 Å². The molecule has 0 aliphatic carbocycles. The third-order valence-electron chi connectivity index (χ3n) is 4.44. The molecule has 5 nitrogen and oxygen atoms in total. The van der Waals surface area contributed by atoms with Gasteiger partial charge in [0.05, 0.1) is 24.2 Å². The van der Waals surface area contributed by atoms with Crippen LogP contribution in [-0.4, -0.2) is 47.3 Å². The first-order chi connectivity index (χ1) is 12.1. The van der Waals surface area contributed by atoms with Gasteiger partial charge in [-0.1, -0.05) is 24.3 Å². The number of halogens is 1. The van der Waals surface area contributed by atoms with Crippen molar-refractivity contribution >= 4 is 5.91 Å². The number of aliphatic hydroxyl groups is 2. The molecule has 0 radical (unpaired) electrons. The fraction of sp³-hybridized carbons (Fsp3) is 0.316. The zero-order valence-electron chi connectivity index (χ0n) is 13.7. The standard InChI is InChI=1S/C19H20FNO4/c20-15-7-5-14(6-8-15)9-25-17-4-2-1-3-16(17)18(24)21-10-19(11-21,12-22)13-23/h1-8,22-23H,9-13H2. The summed E-state index contributed by atoms with van der Waals surface area (Å²) >= 11 is 0. The molecule has 0 saturated carbocycles. The number of hydrogen-bond donors (Lipinski definition) is 2. The second kappa shape index (κ2) is 7.21. The minimum Gasteiger partial charge on any atom is -0.488 e.